The molecule has 134 valence electrons. The van der Waals surface area contributed by atoms with E-state index in [1.54, 1.807) is 11.0 Å². The monoisotopic (exact) mass is 346 g/mol. The third kappa shape index (κ3) is 3.89. The van der Waals surface area contributed by atoms with Crippen molar-refractivity contribution in [2.24, 2.45) is 0 Å². The smallest absolute Gasteiger partial charge is 0.254 e. The molecule has 8 nitrogen and oxygen atoms in total. The van der Waals surface area contributed by atoms with E-state index in [2.05, 4.69) is 15.1 Å². The van der Waals surface area contributed by atoms with Crippen LogP contribution in [0.5, 0.6) is 5.88 Å². The van der Waals surface area contributed by atoms with Crippen LogP contribution in [-0.4, -0.2) is 39.6 Å². The van der Waals surface area contributed by atoms with E-state index in [1.165, 1.54) is 13.2 Å². The summed E-state index contributed by atoms with van der Waals surface area (Å²) >= 11 is 0. The lowest BCUT2D eigenvalue weighted by Crippen LogP contribution is -2.32. The van der Waals surface area contributed by atoms with Crippen molar-refractivity contribution in [2.75, 3.05) is 13.7 Å². The lowest BCUT2D eigenvalue weighted by atomic mass is 10.1. The zero-order chi connectivity index (χ0) is 17.8. The first-order valence-corrected chi connectivity index (χ1v) is 8.50. The van der Waals surface area contributed by atoms with E-state index in [0.717, 1.165) is 18.5 Å². The first kappa shape index (κ1) is 17.2. The standard InChI is InChI=1S/C17H22N4O4/c1-3-11-9-14(22)19-17(18-11)13-5-4-8-21(13)16(23)7-6-12-10-15(24-2)20-25-12/h9-10,13H,3-8H2,1-2H3,(H,18,19,22). The molecule has 3 heterocycles. The summed E-state index contributed by atoms with van der Waals surface area (Å²) in [6.45, 7) is 2.62. The highest BCUT2D eigenvalue weighted by atomic mass is 16.5. The number of carbonyl (C=O) groups excluding carboxylic acids is 1. The normalized spacial score (nSPS) is 17.0. The van der Waals surface area contributed by atoms with Gasteiger partial charge in [-0.05, 0) is 24.4 Å². The Bertz CT molecular complexity index is 798. The number of likely N-dealkylation sites (tertiary alicyclic amines) is 1. The van der Waals surface area contributed by atoms with Gasteiger partial charge in [0.1, 0.15) is 11.6 Å². The lowest BCUT2D eigenvalue weighted by Gasteiger charge is -2.24. The molecule has 1 aliphatic rings. The quantitative estimate of drug-likeness (QED) is 0.853. The average molecular weight is 346 g/mol. The van der Waals surface area contributed by atoms with Gasteiger partial charge in [0, 0.05) is 37.2 Å². The van der Waals surface area contributed by atoms with Gasteiger partial charge in [-0.2, -0.15) is 0 Å². The summed E-state index contributed by atoms with van der Waals surface area (Å²) < 4.78 is 10.1. The van der Waals surface area contributed by atoms with Crippen molar-refractivity contribution in [3.05, 3.63) is 39.8 Å². The van der Waals surface area contributed by atoms with Crippen LogP contribution < -0.4 is 10.3 Å². The summed E-state index contributed by atoms with van der Waals surface area (Å²) in [5.74, 6) is 1.61. The molecular formula is C17H22N4O4. The van der Waals surface area contributed by atoms with E-state index in [4.69, 9.17) is 9.26 Å². The molecule has 1 saturated heterocycles. The second-order valence-corrected chi connectivity index (χ2v) is 6.06. The Kier molecular flexibility index (Phi) is 5.16. The van der Waals surface area contributed by atoms with Gasteiger partial charge in [-0.25, -0.2) is 4.98 Å². The Morgan fingerprint density at radius 3 is 3.04 bits per heavy atom. The third-order valence-corrected chi connectivity index (χ3v) is 4.40. The predicted octanol–water partition coefficient (Wildman–Crippen LogP) is 1.63. The number of H-pyrrole nitrogens is 1. The van der Waals surface area contributed by atoms with Crippen LogP contribution >= 0.6 is 0 Å². The molecule has 0 saturated carbocycles. The van der Waals surface area contributed by atoms with Crippen LogP contribution in [0.15, 0.2) is 21.5 Å². The van der Waals surface area contributed by atoms with Crippen LogP contribution in [0.2, 0.25) is 0 Å². The first-order valence-electron chi connectivity index (χ1n) is 8.50. The Morgan fingerprint density at radius 1 is 1.48 bits per heavy atom. The molecule has 8 heteroatoms. The van der Waals surface area contributed by atoms with Gasteiger partial charge >= 0.3 is 0 Å². The van der Waals surface area contributed by atoms with E-state index in [9.17, 15) is 9.59 Å². The number of amides is 1. The van der Waals surface area contributed by atoms with Crippen LogP contribution in [0.1, 0.15) is 49.5 Å². The second-order valence-electron chi connectivity index (χ2n) is 6.06. The fourth-order valence-corrected chi connectivity index (χ4v) is 3.10. The fraction of sp³-hybridized carbons (Fsp3) is 0.529. The highest BCUT2D eigenvalue weighted by molar-refractivity contribution is 5.77. The van der Waals surface area contributed by atoms with Gasteiger partial charge < -0.3 is 19.1 Å². The van der Waals surface area contributed by atoms with Crippen molar-refractivity contribution in [1.29, 1.82) is 0 Å². The van der Waals surface area contributed by atoms with Crippen LogP contribution in [0.3, 0.4) is 0 Å². The minimum absolute atomic E-state index is 0.0161. The maximum atomic E-state index is 12.6. The molecule has 0 aliphatic carbocycles. The molecule has 0 radical (unpaired) electrons. The van der Waals surface area contributed by atoms with Crippen molar-refractivity contribution in [3.63, 3.8) is 0 Å². The number of nitrogens with zero attached hydrogens (tertiary/aromatic N) is 3. The number of aromatic amines is 1. The molecule has 0 bridgehead atoms. The van der Waals surface area contributed by atoms with Gasteiger partial charge in [0.25, 0.3) is 11.4 Å². The molecular weight excluding hydrogens is 324 g/mol. The second kappa shape index (κ2) is 7.50. The van der Waals surface area contributed by atoms with Gasteiger partial charge in [-0.1, -0.05) is 6.92 Å². The molecule has 1 amide bonds. The number of aryl methyl sites for hydroxylation is 2. The van der Waals surface area contributed by atoms with Crippen molar-refractivity contribution in [2.45, 2.75) is 45.1 Å². The van der Waals surface area contributed by atoms with E-state index in [0.29, 0.717) is 43.3 Å². The molecule has 1 N–H and O–H groups in total. The molecule has 3 rings (SSSR count). The maximum Gasteiger partial charge on any atom is 0.254 e. The van der Waals surface area contributed by atoms with Gasteiger partial charge in [-0.3, -0.25) is 9.59 Å². The van der Waals surface area contributed by atoms with Crippen molar-refractivity contribution in [3.8, 4) is 5.88 Å². The highest BCUT2D eigenvalue weighted by Gasteiger charge is 2.31. The lowest BCUT2D eigenvalue weighted by molar-refractivity contribution is -0.132. The molecule has 1 fully saturated rings. The Morgan fingerprint density at radius 2 is 2.32 bits per heavy atom. The summed E-state index contributed by atoms with van der Waals surface area (Å²) in [6, 6.07) is 3.01. The zero-order valence-electron chi connectivity index (χ0n) is 14.4. The number of nitrogens with one attached hydrogen (secondary N) is 1. The average Bonchev–Trinajstić information content (AvgIpc) is 3.28. The number of methoxy groups -OCH3 is 1. The summed E-state index contributed by atoms with van der Waals surface area (Å²) in [7, 11) is 1.51. The maximum absolute atomic E-state index is 12.6. The summed E-state index contributed by atoms with van der Waals surface area (Å²) in [5.41, 5.74) is 0.571. The van der Waals surface area contributed by atoms with Crippen LogP contribution in [-0.2, 0) is 17.6 Å². The number of hydrogen-bond donors (Lipinski definition) is 1. The van der Waals surface area contributed by atoms with Gasteiger partial charge in [0.2, 0.25) is 5.91 Å². The molecule has 25 heavy (non-hydrogen) atoms. The van der Waals surface area contributed by atoms with Crippen molar-refractivity contribution < 1.29 is 14.1 Å². The highest BCUT2D eigenvalue weighted by Crippen LogP contribution is 2.30. The number of aromatic nitrogens is 3. The Balaban J connectivity index is 1.69. The molecule has 1 atom stereocenters. The van der Waals surface area contributed by atoms with Crippen LogP contribution in [0.4, 0.5) is 0 Å². The summed E-state index contributed by atoms with van der Waals surface area (Å²) in [4.78, 5) is 33.5. The Labute approximate surface area is 145 Å². The van der Waals surface area contributed by atoms with Gasteiger partial charge in [0.05, 0.1) is 13.2 Å². The molecule has 0 aromatic carbocycles. The predicted molar refractivity (Wildman–Crippen MR) is 89.3 cm³/mol. The van der Waals surface area contributed by atoms with E-state index in [1.807, 2.05) is 6.92 Å². The Hall–Kier alpha value is -2.64. The van der Waals surface area contributed by atoms with Crippen molar-refractivity contribution >= 4 is 5.91 Å². The molecule has 0 spiro atoms. The number of hydrogen-bond acceptors (Lipinski definition) is 6. The number of rotatable bonds is 6. The number of ether oxygens (including phenoxy) is 1. The number of carbonyl (C=O) groups is 1. The topological polar surface area (TPSA) is 101 Å². The van der Waals surface area contributed by atoms with Gasteiger partial charge in [-0.15, -0.1) is 0 Å². The summed E-state index contributed by atoms with van der Waals surface area (Å²) in [5, 5.41) is 3.73. The van der Waals surface area contributed by atoms with Crippen LogP contribution in [0, 0.1) is 0 Å². The van der Waals surface area contributed by atoms with E-state index < -0.39 is 0 Å². The van der Waals surface area contributed by atoms with Gasteiger partial charge in [0.15, 0.2) is 0 Å². The SMILES string of the molecule is CCc1cc(=O)[nH]c(C2CCCN2C(=O)CCc2cc(OC)no2)n1. The van der Waals surface area contributed by atoms with E-state index >= 15 is 0 Å². The largest absolute Gasteiger partial charge is 0.479 e. The van der Waals surface area contributed by atoms with Crippen molar-refractivity contribution in [1.82, 2.24) is 20.0 Å². The zero-order valence-corrected chi connectivity index (χ0v) is 14.4. The van der Waals surface area contributed by atoms with Crippen LogP contribution in [0.25, 0.3) is 0 Å². The third-order valence-electron chi connectivity index (χ3n) is 4.40. The minimum atomic E-state index is -0.171. The summed E-state index contributed by atoms with van der Waals surface area (Å²) in [6.07, 6.45) is 3.15. The molecule has 2 aromatic heterocycles. The fourth-order valence-electron chi connectivity index (χ4n) is 3.10. The molecule has 1 unspecified atom stereocenters. The van der Waals surface area contributed by atoms with E-state index in [-0.39, 0.29) is 17.5 Å². The minimum Gasteiger partial charge on any atom is -0.479 e. The first-order chi connectivity index (χ1) is 12.1. The molecule has 2 aromatic rings. The molecule has 1 aliphatic heterocycles.